The molecule has 0 aromatic carbocycles. The van der Waals surface area contributed by atoms with Crippen molar-refractivity contribution < 1.29 is 9.72 Å². The Balaban J connectivity index is 2.47. The molecule has 0 heterocycles. The third-order valence-electron chi connectivity index (χ3n) is 3.03. The molecule has 0 unspecified atom stereocenters. The number of hydrogen-bond donors (Lipinski definition) is 0. The lowest BCUT2D eigenvalue weighted by atomic mass is 9.86. The summed E-state index contributed by atoms with van der Waals surface area (Å²) in [4.78, 5) is 21.1. The van der Waals surface area contributed by atoms with E-state index in [0.717, 1.165) is 0 Å². The largest absolute Gasteiger partial charge is 0.298 e. The van der Waals surface area contributed by atoms with Gasteiger partial charge >= 0.3 is 0 Å². The Kier molecular flexibility index (Phi) is 1.70. The number of carbonyl (C=O) groups is 1. The number of hydrogen-bond acceptors (Lipinski definition) is 3. The van der Waals surface area contributed by atoms with Crippen molar-refractivity contribution in [1.29, 1.82) is 0 Å². The maximum Gasteiger partial charge on any atom is 0.298 e. The highest BCUT2D eigenvalue weighted by Crippen LogP contribution is 2.49. The Morgan fingerprint density at radius 2 is 2.31 bits per heavy atom. The maximum atomic E-state index is 10.8. The molecular formula is C8H8ClNO3. The molecule has 4 atom stereocenters. The number of fused-ring (bicyclic) bond motifs is 2. The molecule has 0 saturated heterocycles. The number of nitro groups is 1. The van der Waals surface area contributed by atoms with Crippen molar-refractivity contribution in [1.82, 2.24) is 0 Å². The Morgan fingerprint density at radius 3 is 2.62 bits per heavy atom. The normalized spacial score (nSPS) is 46.7. The van der Waals surface area contributed by atoms with Crippen molar-refractivity contribution in [2.75, 3.05) is 0 Å². The fraction of sp³-hybridized carbons (Fsp3) is 0.625. The summed E-state index contributed by atoms with van der Waals surface area (Å²) in [6.45, 7) is 0. The van der Waals surface area contributed by atoms with Crippen LogP contribution in [0.2, 0.25) is 0 Å². The van der Waals surface area contributed by atoms with Crippen LogP contribution in [0.3, 0.4) is 0 Å². The summed E-state index contributed by atoms with van der Waals surface area (Å²) in [6, 6.07) is 0. The van der Waals surface area contributed by atoms with Crippen LogP contribution >= 0.6 is 11.6 Å². The SMILES string of the molecule is O=C[C@]1([N+](=O)[O-])[C@@H]2C=C[C@@H](C2)[C@H]1Cl. The predicted octanol–water partition coefficient (Wildman–Crippen LogP) is 1.01. The van der Waals surface area contributed by atoms with Crippen molar-refractivity contribution in [2.45, 2.75) is 17.3 Å². The molecule has 0 amide bonds. The Bertz CT molecular complexity index is 304. The van der Waals surface area contributed by atoms with E-state index < -0.39 is 15.8 Å². The maximum absolute atomic E-state index is 10.8. The van der Waals surface area contributed by atoms with Gasteiger partial charge < -0.3 is 0 Å². The molecule has 13 heavy (non-hydrogen) atoms. The lowest BCUT2D eigenvalue weighted by Crippen LogP contribution is -2.51. The first kappa shape index (κ1) is 8.69. The first-order valence-corrected chi connectivity index (χ1v) is 4.49. The molecule has 4 nitrogen and oxygen atoms in total. The van der Waals surface area contributed by atoms with Gasteiger partial charge in [-0.3, -0.25) is 14.9 Å². The summed E-state index contributed by atoms with van der Waals surface area (Å²) >= 11 is 5.90. The summed E-state index contributed by atoms with van der Waals surface area (Å²) in [7, 11) is 0. The third-order valence-corrected chi connectivity index (χ3v) is 3.71. The summed E-state index contributed by atoms with van der Waals surface area (Å²) in [5.41, 5.74) is -1.57. The average molecular weight is 202 g/mol. The van der Waals surface area contributed by atoms with Crippen LogP contribution in [0.5, 0.6) is 0 Å². The topological polar surface area (TPSA) is 60.2 Å². The highest BCUT2D eigenvalue weighted by atomic mass is 35.5. The molecule has 5 heteroatoms. The smallest absolute Gasteiger partial charge is 0.295 e. The average Bonchev–Trinajstić information content (AvgIpc) is 2.63. The van der Waals surface area contributed by atoms with E-state index in [1.165, 1.54) is 0 Å². The van der Waals surface area contributed by atoms with E-state index in [4.69, 9.17) is 11.6 Å². The minimum atomic E-state index is -1.57. The van der Waals surface area contributed by atoms with Gasteiger partial charge in [-0.2, -0.15) is 0 Å². The van der Waals surface area contributed by atoms with Crippen molar-refractivity contribution in [3.8, 4) is 0 Å². The number of rotatable bonds is 2. The molecule has 0 spiro atoms. The second kappa shape index (κ2) is 2.54. The van der Waals surface area contributed by atoms with Crippen molar-refractivity contribution in [3.05, 3.63) is 22.3 Å². The molecule has 0 aromatic rings. The molecule has 0 aromatic heterocycles. The zero-order chi connectivity index (χ0) is 9.64. The van der Waals surface area contributed by atoms with Crippen LogP contribution in [-0.2, 0) is 4.79 Å². The number of alkyl halides is 1. The van der Waals surface area contributed by atoms with E-state index in [1.807, 2.05) is 6.08 Å². The van der Waals surface area contributed by atoms with Gasteiger partial charge in [0.2, 0.25) is 0 Å². The van der Waals surface area contributed by atoms with Crippen LogP contribution in [0.25, 0.3) is 0 Å². The molecule has 0 radical (unpaired) electrons. The van der Waals surface area contributed by atoms with Gasteiger partial charge in [-0.05, 0) is 6.42 Å². The number of carbonyl (C=O) groups excluding carboxylic acids is 1. The van der Waals surface area contributed by atoms with Gasteiger partial charge in [0.15, 0.2) is 6.29 Å². The molecule has 1 fully saturated rings. The zero-order valence-electron chi connectivity index (χ0n) is 6.72. The minimum Gasteiger partial charge on any atom is -0.295 e. The van der Waals surface area contributed by atoms with Crippen LogP contribution < -0.4 is 0 Å². The quantitative estimate of drug-likeness (QED) is 0.220. The van der Waals surface area contributed by atoms with E-state index in [1.54, 1.807) is 6.08 Å². The van der Waals surface area contributed by atoms with Gasteiger partial charge in [-0.15, -0.1) is 11.6 Å². The van der Waals surface area contributed by atoms with Crippen LogP contribution in [0, 0.1) is 22.0 Å². The Labute approximate surface area is 79.7 Å². The van der Waals surface area contributed by atoms with Gasteiger partial charge in [0.1, 0.15) is 5.38 Å². The van der Waals surface area contributed by atoms with Crippen LogP contribution in [0.4, 0.5) is 0 Å². The first-order chi connectivity index (χ1) is 6.13. The Morgan fingerprint density at radius 1 is 1.62 bits per heavy atom. The fourth-order valence-corrected chi connectivity index (χ4v) is 2.75. The zero-order valence-corrected chi connectivity index (χ0v) is 7.48. The molecule has 0 N–H and O–H groups in total. The summed E-state index contributed by atoms with van der Waals surface area (Å²) in [5, 5.41) is 10.1. The second-order valence-corrected chi connectivity index (χ2v) is 4.03. The number of aldehydes is 1. The molecule has 2 aliphatic rings. The molecular weight excluding hydrogens is 194 g/mol. The number of nitrogens with zero attached hydrogens (tertiary/aromatic N) is 1. The van der Waals surface area contributed by atoms with Gasteiger partial charge in [0.05, 0.1) is 5.92 Å². The summed E-state index contributed by atoms with van der Waals surface area (Å²) in [5.74, 6) is -0.324. The van der Waals surface area contributed by atoms with Crippen LogP contribution in [-0.4, -0.2) is 22.1 Å². The number of halogens is 1. The molecule has 2 bridgehead atoms. The second-order valence-electron chi connectivity index (χ2n) is 3.55. The lowest BCUT2D eigenvalue weighted by Gasteiger charge is -2.24. The lowest BCUT2D eigenvalue weighted by molar-refractivity contribution is -0.553. The first-order valence-electron chi connectivity index (χ1n) is 4.06. The molecule has 70 valence electrons. The van der Waals surface area contributed by atoms with Crippen LogP contribution in [0.15, 0.2) is 12.2 Å². The van der Waals surface area contributed by atoms with Gasteiger partial charge in [0, 0.05) is 10.8 Å². The van der Waals surface area contributed by atoms with E-state index in [2.05, 4.69) is 0 Å². The Hall–Kier alpha value is -0.900. The van der Waals surface area contributed by atoms with Gasteiger partial charge in [0.25, 0.3) is 5.54 Å². The highest BCUT2D eigenvalue weighted by Gasteiger charge is 2.65. The summed E-state index contributed by atoms with van der Waals surface area (Å²) in [6.07, 6.45) is 4.64. The predicted molar refractivity (Wildman–Crippen MR) is 46.2 cm³/mol. The molecule has 2 rings (SSSR count). The minimum absolute atomic E-state index is 0.0118. The van der Waals surface area contributed by atoms with E-state index in [0.29, 0.717) is 12.7 Å². The van der Waals surface area contributed by atoms with E-state index in [-0.39, 0.29) is 11.8 Å². The van der Waals surface area contributed by atoms with Crippen molar-refractivity contribution in [3.63, 3.8) is 0 Å². The standard InChI is InChI=1S/C8H8ClNO3/c9-7-5-1-2-6(3-5)8(7,4-11)10(12)13/h1-2,4-7H,3H2/t5-,6+,7+,8-/m0/s1. The third kappa shape index (κ3) is 0.839. The van der Waals surface area contributed by atoms with Crippen LogP contribution in [0.1, 0.15) is 6.42 Å². The monoisotopic (exact) mass is 201 g/mol. The van der Waals surface area contributed by atoms with Gasteiger partial charge in [-0.1, -0.05) is 12.2 Å². The van der Waals surface area contributed by atoms with Crippen molar-refractivity contribution >= 4 is 17.9 Å². The summed E-state index contributed by atoms with van der Waals surface area (Å²) < 4.78 is 0. The fourth-order valence-electron chi connectivity index (χ4n) is 2.27. The molecule has 1 saturated carbocycles. The highest BCUT2D eigenvalue weighted by molar-refractivity contribution is 6.23. The van der Waals surface area contributed by atoms with E-state index in [9.17, 15) is 14.9 Å². The molecule has 2 aliphatic carbocycles. The molecule has 0 aliphatic heterocycles. The van der Waals surface area contributed by atoms with Crippen molar-refractivity contribution in [2.24, 2.45) is 11.8 Å². The van der Waals surface area contributed by atoms with E-state index >= 15 is 0 Å². The number of allylic oxidation sites excluding steroid dienone is 1. The van der Waals surface area contributed by atoms with Gasteiger partial charge in [-0.25, -0.2) is 0 Å².